The molecule has 2 nitrogen and oxygen atoms in total. The predicted molar refractivity (Wildman–Crippen MR) is 76.8 cm³/mol. The molecule has 0 heterocycles. The van der Waals surface area contributed by atoms with Crippen LogP contribution in [0.5, 0.6) is 5.75 Å². The molecule has 1 N–H and O–H groups in total. The molecular weight excluding hydrogens is 311 g/mol. The molecular formula is C15H20BrFO2. The molecule has 1 atom stereocenters. The second-order valence-corrected chi connectivity index (χ2v) is 6.00. The summed E-state index contributed by atoms with van der Waals surface area (Å²) >= 11 is 3.35. The summed E-state index contributed by atoms with van der Waals surface area (Å²) in [5.74, 6) is -0.0584. The molecule has 1 aromatic rings. The molecule has 2 rings (SSSR count). The largest absolute Gasteiger partial charge is 0.491 e. The average molecular weight is 331 g/mol. The molecule has 1 aliphatic carbocycles. The smallest absolute Gasteiger partial charge is 0.170 e. The normalized spacial score (nSPS) is 18.3. The van der Waals surface area contributed by atoms with Crippen LogP contribution < -0.4 is 4.74 Å². The number of hydrogen-bond donors (Lipinski definition) is 1. The molecule has 19 heavy (non-hydrogen) atoms. The van der Waals surface area contributed by atoms with E-state index in [4.69, 9.17) is 4.74 Å². The van der Waals surface area contributed by atoms with Crippen molar-refractivity contribution in [2.24, 2.45) is 5.92 Å². The maximum atomic E-state index is 14.3. The first-order valence-electron chi connectivity index (χ1n) is 6.93. The highest BCUT2D eigenvalue weighted by atomic mass is 79.9. The number of halogens is 2. The van der Waals surface area contributed by atoms with Gasteiger partial charge in [0.15, 0.2) is 11.6 Å². The lowest BCUT2D eigenvalue weighted by Gasteiger charge is -2.27. The number of ether oxygens (including phenoxy) is 1. The van der Waals surface area contributed by atoms with Crippen molar-refractivity contribution >= 4 is 15.9 Å². The van der Waals surface area contributed by atoms with E-state index in [9.17, 15) is 9.50 Å². The minimum atomic E-state index is -0.739. The van der Waals surface area contributed by atoms with Crippen molar-refractivity contribution in [1.82, 2.24) is 0 Å². The van der Waals surface area contributed by atoms with Crippen molar-refractivity contribution in [2.45, 2.75) is 45.1 Å². The van der Waals surface area contributed by atoms with Crippen LogP contribution in [0, 0.1) is 11.7 Å². The highest BCUT2D eigenvalue weighted by Crippen LogP contribution is 2.38. The van der Waals surface area contributed by atoms with Crippen molar-refractivity contribution in [3.05, 3.63) is 28.0 Å². The summed E-state index contributed by atoms with van der Waals surface area (Å²) in [6, 6.07) is 3.27. The van der Waals surface area contributed by atoms with Crippen LogP contribution in [0.25, 0.3) is 0 Å². The van der Waals surface area contributed by atoms with E-state index in [1.807, 2.05) is 6.92 Å². The zero-order chi connectivity index (χ0) is 13.8. The molecule has 0 aliphatic heterocycles. The lowest BCUT2D eigenvalue weighted by Crippen LogP contribution is -2.17. The van der Waals surface area contributed by atoms with Gasteiger partial charge in [-0.25, -0.2) is 4.39 Å². The molecule has 1 unspecified atom stereocenters. The van der Waals surface area contributed by atoms with E-state index in [0.29, 0.717) is 12.2 Å². The monoisotopic (exact) mass is 330 g/mol. The second-order valence-electron chi connectivity index (χ2n) is 5.08. The molecule has 0 spiro atoms. The summed E-state index contributed by atoms with van der Waals surface area (Å²) in [5.41, 5.74) is 0.352. The van der Waals surface area contributed by atoms with Crippen LogP contribution in [0.15, 0.2) is 16.6 Å². The topological polar surface area (TPSA) is 29.5 Å². The zero-order valence-corrected chi connectivity index (χ0v) is 12.7. The van der Waals surface area contributed by atoms with E-state index < -0.39 is 11.9 Å². The number of rotatable bonds is 4. The zero-order valence-electron chi connectivity index (χ0n) is 11.2. The van der Waals surface area contributed by atoms with E-state index >= 15 is 0 Å². The van der Waals surface area contributed by atoms with Crippen LogP contribution in [0.3, 0.4) is 0 Å². The molecule has 0 radical (unpaired) electrons. The van der Waals surface area contributed by atoms with E-state index in [-0.39, 0.29) is 11.7 Å². The van der Waals surface area contributed by atoms with Gasteiger partial charge < -0.3 is 9.84 Å². The third-order valence-corrected chi connectivity index (χ3v) is 4.20. The van der Waals surface area contributed by atoms with Crippen LogP contribution in [0.4, 0.5) is 4.39 Å². The second kappa shape index (κ2) is 6.71. The average Bonchev–Trinajstić information content (AvgIpc) is 2.43. The van der Waals surface area contributed by atoms with Gasteiger partial charge in [0.1, 0.15) is 0 Å². The molecule has 0 aromatic heterocycles. The lowest BCUT2D eigenvalue weighted by molar-refractivity contribution is 0.0809. The van der Waals surface area contributed by atoms with Crippen molar-refractivity contribution < 1.29 is 14.2 Å². The van der Waals surface area contributed by atoms with Gasteiger partial charge in [0.05, 0.1) is 12.7 Å². The third kappa shape index (κ3) is 3.48. The van der Waals surface area contributed by atoms with E-state index in [1.165, 1.54) is 6.42 Å². The SMILES string of the molecule is CCOc1cc(Br)cc(C(O)C2CCCCC2)c1F. The summed E-state index contributed by atoms with van der Waals surface area (Å²) in [6.07, 6.45) is 4.66. The highest BCUT2D eigenvalue weighted by molar-refractivity contribution is 9.10. The molecule has 106 valence electrons. The summed E-state index contributed by atoms with van der Waals surface area (Å²) in [6.45, 7) is 2.23. The van der Waals surface area contributed by atoms with Crippen molar-refractivity contribution in [3.63, 3.8) is 0 Å². The van der Waals surface area contributed by atoms with Crippen molar-refractivity contribution in [1.29, 1.82) is 0 Å². The van der Waals surface area contributed by atoms with Gasteiger partial charge in [0, 0.05) is 10.0 Å². The van der Waals surface area contributed by atoms with Gasteiger partial charge in [-0.3, -0.25) is 0 Å². The Kier molecular flexibility index (Phi) is 5.22. The Morgan fingerprint density at radius 3 is 2.68 bits per heavy atom. The number of aliphatic hydroxyl groups excluding tert-OH is 1. The van der Waals surface area contributed by atoms with Gasteiger partial charge in [0.25, 0.3) is 0 Å². The Labute approximate surface area is 122 Å². The molecule has 1 aliphatic rings. The third-order valence-electron chi connectivity index (χ3n) is 3.75. The summed E-state index contributed by atoms with van der Waals surface area (Å²) in [4.78, 5) is 0. The Hall–Kier alpha value is -0.610. The standard InChI is InChI=1S/C15H20BrFO2/c1-2-19-13-9-11(16)8-12(14(13)17)15(18)10-6-4-3-5-7-10/h8-10,15,18H,2-7H2,1H3. The van der Waals surface area contributed by atoms with Gasteiger partial charge in [-0.1, -0.05) is 35.2 Å². The van der Waals surface area contributed by atoms with E-state index in [1.54, 1.807) is 12.1 Å². The van der Waals surface area contributed by atoms with Crippen LogP contribution in [0.1, 0.15) is 50.7 Å². The number of aliphatic hydroxyl groups is 1. The summed E-state index contributed by atoms with van der Waals surface area (Å²) < 4.78 is 20.4. The van der Waals surface area contributed by atoms with Crippen LogP contribution in [0.2, 0.25) is 0 Å². The molecule has 0 saturated heterocycles. The maximum absolute atomic E-state index is 14.3. The first kappa shape index (κ1) is 14.8. The first-order valence-corrected chi connectivity index (χ1v) is 7.72. The van der Waals surface area contributed by atoms with E-state index in [2.05, 4.69) is 15.9 Å². The van der Waals surface area contributed by atoms with Gasteiger partial charge in [-0.2, -0.15) is 0 Å². The summed E-state index contributed by atoms with van der Waals surface area (Å²) in [7, 11) is 0. The molecule has 1 aromatic carbocycles. The minimum absolute atomic E-state index is 0.159. The molecule has 0 bridgehead atoms. The Balaban J connectivity index is 2.26. The molecule has 4 heteroatoms. The van der Waals surface area contributed by atoms with Gasteiger partial charge in [-0.05, 0) is 37.8 Å². The molecule has 0 amide bonds. The Morgan fingerprint density at radius 1 is 1.37 bits per heavy atom. The first-order chi connectivity index (χ1) is 9.13. The van der Waals surface area contributed by atoms with Crippen LogP contribution in [-0.2, 0) is 0 Å². The molecule has 1 fully saturated rings. The van der Waals surface area contributed by atoms with Crippen molar-refractivity contribution in [3.8, 4) is 5.75 Å². The quantitative estimate of drug-likeness (QED) is 0.874. The Morgan fingerprint density at radius 2 is 2.05 bits per heavy atom. The fourth-order valence-corrected chi connectivity index (χ4v) is 3.22. The maximum Gasteiger partial charge on any atom is 0.170 e. The fourth-order valence-electron chi connectivity index (χ4n) is 2.76. The fraction of sp³-hybridized carbons (Fsp3) is 0.600. The highest BCUT2D eigenvalue weighted by Gasteiger charge is 2.27. The summed E-state index contributed by atoms with van der Waals surface area (Å²) in [5, 5.41) is 10.4. The van der Waals surface area contributed by atoms with E-state index in [0.717, 1.165) is 30.2 Å². The van der Waals surface area contributed by atoms with Gasteiger partial charge in [0.2, 0.25) is 0 Å². The lowest BCUT2D eigenvalue weighted by atomic mass is 9.82. The number of hydrogen-bond acceptors (Lipinski definition) is 2. The van der Waals surface area contributed by atoms with Gasteiger partial charge >= 0.3 is 0 Å². The Bertz CT molecular complexity index is 430. The van der Waals surface area contributed by atoms with Gasteiger partial charge in [-0.15, -0.1) is 0 Å². The van der Waals surface area contributed by atoms with Crippen LogP contribution >= 0.6 is 15.9 Å². The minimum Gasteiger partial charge on any atom is -0.491 e. The molecule has 1 saturated carbocycles. The number of benzene rings is 1. The van der Waals surface area contributed by atoms with Crippen molar-refractivity contribution in [2.75, 3.05) is 6.61 Å². The van der Waals surface area contributed by atoms with Crippen LogP contribution in [-0.4, -0.2) is 11.7 Å². The predicted octanol–water partition coefficient (Wildman–Crippen LogP) is 4.60.